The largest absolute Gasteiger partial charge is 0.477 e. The fourth-order valence-electron chi connectivity index (χ4n) is 2.02. The molecule has 0 saturated carbocycles. The summed E-state index contributed by atoms with van der Waals surface area (Å²) in [6.45, 7) is 5.92. The van der Waals surface area contributed by atoms with Crippen molar-refractivity contribution in [2.45, 2.75) is 32.7 Å². The lowest BCUT2D eigenvalue weighted by Crippen LogP contribution is -2.19. The third-order valence-electron chi connectivity index (χ3n) is 3.29. The maximum absolute atomic E-state index is 5.65. The van der Waals surface area contributed by atoms with E-state index in [-0.39, 0.29) is 0 Å². The maximum atomic E-state index is 5.65. The molecule has 2 aromatic rings. The third kappa shape index (κ3) is 5.16. The molecule has 0 aliphatic rings. The number of nitrogens with zero attached hydrogens (tertiary/aromatic N) is 2. The van der Waals surface area contributed by atoms with Crippen LogP contribution in [-0.2, 0) is 6.42 Å². The quantitative estimate of drug-likeness (QED) is 0.809. The SMILES string of the molecule is CCCNC(C)c1ccc(OCCc2ccccn2)nc1. The summed E-state index contributed by atoms with van der Waals surface area (Å²) in [5.74, 6) is 0.664. The van der Waals surface area contributed by atoms with Crippen molar-refractivity contribution in [1.82, 2.24) is 15.3 Å². The molecule has 0 aromatic carbocycles. The highest BCUT2D eigenvalue weighted by Crippen LogP contribution is 2.14. The van der Waals surface area contributed by atoms with Gasteiger partial charge in [0.05, 0.1) is 6.61 Å². The summed E-state index contributed by atoms with van der Waals surface area (Å²) >= 11 is 0. The summed E-state index contributed by atoms with van der Waals surface area (Å²) in [4.78, 5) is 8.62. The first-order chi connectivity index (χ1) is 10.3. The highest BCUT2D eigenvalue weighted by atomic mass is 16.5. The molecular weight excluding hydrogens is 262 g/mol. The normalized spacial score (nSPS) is 12.1. The van der Waals surface area contributed by atoms with Gasteiger partial charge in [-0.3, -0.25) is 4.98 Å². The number of ether oxygens (including phenoxy) is 1. The van der Waals surface area contributed by atoms with E-state index in [9.17, 15) is 0 Å². The molecule has 0 amide bonds. The topological polar surface area (TPSA) is 47.0 Å². The predicted octanol–water partition coefficient (Wildman–Crippen LogP) is 3.16. The molecule has 4 nitrogen and oxygen atoms in total. The van der Waals surface area contributed by atoms with Crippen LogP contribution in [0.2, 0.25) is 0 Å². The lowest BCUT2D eigenvalue weighted by atomic mass is 10.1. The second-order valence-electron chi connectivity index (χ2n) is 5.03. The Morgan fingerprint density at radius 2 is 2.10 bits per heavy atom. The molecule has 21 heavy (non-hydrogen) atoms. The molecule has 2 aromatic heterocycles. The zero-order valence-corrected chi connectivity index (χ0v) is 12.7. The Labute approximate surface area is 126 Å². The monoisotopic (exact) mass is 285 g/mol. The number of hydrogen-bond donors (Lipinski definition) is 1. The Morgan fingerprint density at radius 1 is 1.19 bits per heavy atom. The number of hydrogen-bond acceptors (Lipinski definition) is 4. The Bertz CT molecular complexity index is 513. The van der Waals surface area contributed by atoms with Gasteiger partial charge in [0.2, 0.25) is 5.88 Å². The van der Waals surface area contributed by atoms with Crippen LogP contribution >= 0.6 is 0 Å². The molecule has 1 unspecified atom stereocenters. The van der Waals surface area contributed by atoms with E-state index in [1.807, 2.05) is 30.5 Å². The lowest BCUT2D eigenvalue weighted by Gasteiger charge is -2.13. The smallest absolute Gasteiger partial charge is 0.213 e. The van der Waals surface area contributed by atoms with Crippen molar-refractivity contribution in [3.8, 4) is 5.88 Å². The third-order valence-corrected chi connectivity index (χ3v) is 3.29. The van der Waals surface area contributed by atoms with Gasteiger partial charge in [-0.2, -0.15) is 0 Å². The van der Waals surface area contributed by atoms with Gasteiger partial charge in [0, 0.05) is 36.6 Å². The first kappa shape index (κ1) is 15.4. The van der Waals surface area contributed by atoms with Crippen LogP contribution in [0.25, 0.3) is 0 Å². The second kappa shape index (κ2) is 8.37. The van der Waals surface area contributed by atoms with Crippen LogP contribution in [0.3, 0.4) is 0 Å². The van der Waals surface area contributed by atoms with E-state index in [4.69, 9.17) is 4.74 Å². The van der Waals surface area contributed by atoms with E-state index in [2.05, 4.69) is 35.2 Å². The van der Waals surface area contributed by atoms with Crippen LogP contribution < -0.4 is 10.1 Å². The zero-order valence-electron chi connectivity index (χ0n) is 12.7. The first-order valence-electron chi connectivity index (χ1n) is 7.51. The molecule has 1 atom stereocenters. The van der Waals surface area contributed by atoms with Gasteiger partial charge in [-0.15, -0.1) is 0 Å². The van der Waals surface area contributed by atoms with Gasteiger partial charge in [0.25, 0.3) is 0 Å². The number of nitrogens with one attached hydrogen (secondary N) is 1. The minimum atomic E-state index is 0.319. The summed E-state index contributed by atoms with van der Waals surface area (Å²) in [5.41, 5.74) is 2.21. The Hall–Kier alpha value is -1.94. The number of pyridine rings is 2. The molecule has 2 rings (SSSR count). The molecule has 0 aliphatic heterocycles. The van der Waals surface area contributed by atoms with Gasteiger partial charge >= 0.3 is 0 Å². The van der Waals surface area contributed by atoms with E-state index in [1.54, 1.807) is 6.20 Å². The summed E-state index contributed by atoms with van der Waals surface area (Å²) in [6, 6.07) is 10.2. The zero-order chi connectivity index (χ0) is 14.9. The Morgan fingerprint density at radius 3 is 2.76 bits per heavy atom. The lowest BCUT2D eigenvalue weighted by molar-refractivity contribution is 0.308. The summed E-state index contributed by atoms with van der Waals surface area (Å²) in [6.07, 6.45) is 5.60. The van der Waals surface area contributed by atoms with Crippen LogP contribution in [0.15, 0.2) is 42.7 Å². The van der Waals surface area contributed by atoms with Crippen molar-refractivity contribution in [1.29, 1.82) is 0 Å². The summed E-state index contributed by atoms with van der Waals surface area (Å²) in [5, 5.41) is 3.44. The van der Waals surface area contributed by atoms with Crippen LogP contribution in [0.4, 0.5) is 0 Å². The van der Waals surface area contributed by atoms with Gasteiger partial charge in [-0.1, -0.05) is 19.1 Å². The minimum absolute atomic E-state index is 0.319. The van der Waals surface area contributed by atoms with E-state index < -0.39 is 0 Å². The Kier molecular flexibility index (Phi) is 6.16. The molecule has 2 heterocycles. The van der Waals surface area contributed by atoms with Crippen molar-refractivity contribution in [2.75, 3.05) is 13.2 Å². The fraction of sp³-hybridized carbons (Fsp3) is 0.412. The standard InChI is InChI=1S/C17H23N3O/c1-3-10-18-14(2)15-7-8-17(20-13-15)21-12-9-16-6-4-5-11-19-16/h4-8,11,13-14,18H,3,9-10,12H2,1-2H3. The molecule has 0 bridgehead atoms. The van der Waals surface area contributed by atoms with Gasteiger partial charge in [-0.25, -0.2) is 4.98 Å². The van der Waals surface area contributed by atoms with Gasteiger partial charge in [-0.05, 0) is 37.6 Å². The van der Waals surface area contributed by atoms with Crippen molar-refractivity contribution in [3.63, 3.8) is 0 Å². The average Bonchev–Trinajstić information content (AvgIpc) is 2.54. The van der Waals surface area contributed by atoms with Crippen LogP contribution in [0.5, 0.6) is 5.88 Å². The molecule has 0 spiro atoms. The van der Waals surface area contributed by atoms with Crippen LogP contribution in [0, 0.1) is 0 Å². The Balaban J connectivity index is 1.79. The first-order valence-corrected chi connectivity index (χ1v) is 7.51. The summed E-state index contributed by atoms with van der Waals surface area (Å²) in [7, 11) is 0. The van der Waals surface area contributed by atoms with Gasteiger partial charge in [0.1, 0.15) is 0 Å². The number of rotatable bonds is 8. The van der Waals surface area contributed by atoms with E-state index in [0.29, 0.717) is 18.5 Å². The molecule has 0 radical (unpaired) electrons. The molecule has 1 N–H and O–H groups in total. The minimum Gasteiger partial charge on any atom is -0.477 e. The second-order valence-corrected chi connectivity index (χ2v) is 5.03. The molecule has 0 saturated heterocycles. The van der Waals surface area contributed by atoms with E-state index in [0.717, 1.165) is 25.1 Å². The highest BCUT2D eigenvalue weighted by Gasteiger charge is 2.05. The van der Waals surface area contributed by atoms with E-state index >= 15 is 0 Å². The molecule has 0 fully saturated rings. The fourth-order valence-corrected chi connectivity index (χ4v) is 2.02. The van der Waals surface area contributed by atoms with Crippen molar-refractivity contribution in [2.24, 2.45) is 0 Å². The molecule has 4 heteroatoms. The summed E-state index contributed by atoms with van der Waals surface area (Å²) < 4.78 is 5.65. The number of aromatic nitrogens is 2. The van der Waals surface area contributed by atoms with Crippen molar-refractivity contribution < 1.29 is 4.74 Å². The maximum Gasteiger partial charge on any atom is 0.213 e. The predicted molar refractivity (Wildman–Crippen MR) is 84.4 cm³/mol. The molecular formula is C17H23N3O. The van der Waals surface area contributed by atoms with Crippen LogP contribution in [0.1, 0.15) is 37.6 Å². The van der Waals surface area contributed by atoms with E-state index in [1.165, 1.54) is 5.56 Å². The van der Waals surface area contributed by atoms with Crippen molar-refractivity contribution >= 4 is 0 Å². The van der Waals surface area contributed by atoms with Crippen molar-refractivity contribution in [3.05, 3.63) is 54.0 Å². The molecule has 112 valence electrons. The highest BCUT2D eigenvalue weighted by molar-refractivity contribution is 5.20. The molecule has 0 aliphatic carbocycles. The average molecular weight is 285 g/mol. The van der Waals surface area contributed by atoms with Crippen LogP contribution in [-0.4, -0.2) is 23.1 Å². The van der Waals surface area contributed by atoms with Gasteiger partial charge in [0.15, 0.2) is 0 Å². The van der Waals surface area contributed by atoms with Gasteiger partial charge < -0.3 is 10.1 Å².